The lowest BCUT2D eigenvalue weighted by atomic mass is 9.79. The first-order chi connectivity index (χ1) is 13.3. The Morgan fingerprint density at radius 2 is 1.52 bits per heavy atom. The van der Waals surface area contributed by atoms with Crippen molar-refractivity contribution in [3.8, 4) is 11.8 Å². The zero-order valence-electron chi connectivity index (χ0n) is 16.4. The van der Waals surface area contributed by atoms with Crippen LogP contribution in [0.4, 0.5) is 0 Å². The van der Waals surface area contributed by atoms with Gasteiger partial charge in [-0.25, -0.2) is 0 Å². The van der Waals surface area contributed by atoms with Gasteiger partial charge in [-0.3, -0.25) is 0 Å². The number of hydrogen-bond donors (Lipinski definition) is 0. The van der Waals surface area contributed by atoms with Crippen LogP contribution in [0.5, 0.6) is 0 Å². The molecule has 0 heterocycles. The summed E-state index contributed by atoms with van der Waals surface area (Å²) in [7, 11) is 0. The van der Waals surface area contributed by atoms with Crippen molar-refractivity contribution in [1.29, 1.82) is 0 Å². The summed E-state index contributed by atoms with van der Waals surface area (Å²) in [6.45, 7) is 7.43. The monoisotopic (exact) mass is 358 g/mol. The lowest BCUT2D eigenvalue weighted by molar-refractivity contribution is 0.102. The standard InChI is InChI=1S/C26H30O/c1-3-19-27-20-24-13-17-26(18-14-24)25-15-11-23(12-16-25)10-9-22-7-5-21(4-2)6-8-22/h3,5-8,11-12,15-16,24,26H,1,4,13-14,17-20H2,2H3/t24-,26-. The van der Waals surface area contributed by atoms with Crippen molar-refractivity contribution >= 4 is 0 Å². The molecule has 0 radical (unpaired) electrons. The van der Waals surface area contributed by atoms with Crippen molar-refractivity contribution in [3.63, 3.8) is 0 Å². The molecule has 27 heavy (non-hydrogen) atoms. The Morgan fingerprint density at radius 1 is 0.926 bits per heavy atom. The second-order valence-corrected chi connectivity index (χ2v) is 7.47. The van der Waals surface area contributed by atoms with E-state index >= 15 is 0 Å². The van der Waals surface area contributed by atoms with E-state index in [9.17, 15) is 0 Å². The molecule has 0 amide bonds. The van der Waals surface area contributed by atoms with E-state index in [4.69, 9.17) is 4.74 Å². The van der Waals surface area contributed by atoms with Crippen LogP contribution in [-0.4, -0.2) is 13.2 Å². The third-order valence-corrected chi connectivity index (χ3v) is 5.53. The molecule has 0 unspecified atom stereocenters. The highest BCUT2D eigenvalue weighted by molar-refractivity contribution is 5.44. The van der Waals surface area contributed by atoms with E-state index in [2.05, 4.69) is 73.9 Å². The number of benzene rings is 2. The summed E-state index contributed by atoms with van der Waals surface area (Å²) in [5.41, 5.74) is 4.98. The van der Waals surface area contributed by atoms with Gasteiger partial charge in [0.1, 0.15) is 0 Å². The zero-order valence-corrected chi connectivity index (χ0v) is 16.4. The average molecular weight is 359 g/mol. The van der Waals surface area contributed by atoms with Crippen LogP contribution in [0.15, 0.2) is 61.2 Å². The van der Waals surface area contributed by atoms with Gasteiger partial charge in [-0.1, -0.05) is 49.1 Å². The smallest absolute Gasteiger partial charge is 0.0644 e. The first-order valence-electron chi connectivity index (χ1n) is 10.2. The van der Waals surface area contributed by atoms with E-state index in [0.717, 1.165) is 24.2 Å². The molecule has 1 aliphatic carbocycles. The highest BCUT2D eigenvalue weighted by Gasteiger charge is 2.22. The Bertz CT molecular complexity index is 766. The Kier molecular flexibility index (Phi) is 7.31. The minimum absolute atomic E-state index is 0.672. The molecule has 0 saturated heterocycles. The van der Waals surface area contributed by atoms with Crippen LogP contribution in [0.1, 0.15) is 60.8 Å². The molecule has 0 bridgehead atoms. The normalized spacial score (nSPS) is 19.1. The van der Waals surface area contributed by atoms with Gasteiger partial charge in [-0.2, -0.15) is 0 Å². The largest absolute Gasteiger partial charge is 0.377 e. The second-order valence-electron chi connectivity index (χ2n) is 7.47. The molecule has 0 atom stereocenters. The summed E-state index contributed by atoms with van der Waals surface area (Å²) in [6.07, 6.45) is 7.94. The molecule has 0 spiro atoms. The summed E-state index contributed by atoms with van der Waals surface area (Å²) >= 11 is 0. The van der Waals surface area contributed by atoms with E-state index < -0.39 is 0 Å². The van der Waals surface area contributed by atoms with Gasteiger partial charge in [0.15, 0.2) is 0 Å². The predicted octanol–water partition coefficient (Wildman–Crippen LogP) is 6.13. The van der Waals surface area contributed by atoms with E-state index in [-0.39, 0.29) is 0 Å². The first-order valence-corrected chi connectivity index (χ1v) is 10.2. The number of rotatable bonds is 6. The maximum atomic E-state index is 5.62. The van der Waals surface area contributed by atoms with Crippen LogP contribution in [0, 0.1) is 17.8 Å². The molecule has 1 heteroatoms. The minimum Gasteiger partial charge on any atom is -0.377 e. The highest BCUT2D eigenvalue weighted by Crippen LogP contribution is 2.35. The summed E-state index contributed by atoms with van der Waals surface area (Å²) < 4.78 is 5.62. The lowest BCUT2D eigenvalue weighted by Crippen LogP contribution is -2.18. The van der Waals surface area contributed by atoms with Gasteiger partial charge >= 0.3 is 0 Å². The molecule has 140 valence electrons. The number of ether oxygens (including phenoxy) is 1. The van der Waals surface area contributed by atoms with Crippen molar-refractivity contribution in [2.45, 2.75) is 44.9 Å². The fourth-order valence-electron chi connectivity index (χ4n) is 3.79. The molecule has 1 aliphatic rings. The number of aryl methyl sites for hydroxylation is 1. The fraction of sp³-hybridized carbons (Fsp3) is 0.385. The average Bonchev–Trinajstić information content (AvgIpc) is 2.74. The molecule has 2 aromatic carbocycles. The van der Waals surface area contributed by atoms with E-state index in [1.807, 2.05) is 6.08 Å². The molecule has 1 nitrogen and oxygen atoms in total. The van der Waals surface area contributed by atoms with Gasteiger partial charge in [-0.05, 0) is 79.3 Å². The van der Waals surface area contributed by atoms with Gasteiger partial charge in [0.25, 0.3) is 0 Å². The fourth-order valence-corrected chi connectivity index (χ4v) is 3.79. The first kappa shape index (κ1) is 19.5. The maximum Gasteiger partial charge on any atom is 0.0644 e. The lowest BCUT2D eigenvalue weighted by Gasteiger charge is -2.28. The molecule has 1 saturated carbocycles. The van der Waals surface area contributed by atoms with E-state index in [1.54, 1.807) is 0 Å². The van der Waals surface area contributed by atoms with Crippen molar-refractivity contribution in [2.24, 2.45) is 5.92 Å². The van der Waals surface area contributed by atoms with Gasteiger partial charge in [-0.15, -0.1) is 6.58 Å². The second kappa shape index (κ2) is 10.1. The number of hydrogen-bond acceptors (Lipinski definition) is 1. The summed E-state index contributed by atoms with van der Waals surface area (Å²) in [5.74, 6) is 7.96. The molecule has 1 fully saturated rings. The van der Waals surface area contributed by atoms with Crippen molar-refractivity contribution in [2.75, 3.05) is 13.2 Å². The van der Waals surface area contributed by atoms with Gasteiger partial charge in [0, 0.05) is 17.7 Å². The maximum absolute atomic E-state index is 5.62. The Morgan fingerprint density at radius 3 is 2.07 bits per heavy atom. The van der Waals surface area contributed by atoms with Crippen LogP contribution < -0.4 is 0 Å². The third kappa shape index (κ3) is 5.84. The SMILES string of the molecule is C=CCOC[C@H]1CC[C@H](c2ccc(C#Cc3ccc(CC)cc3)cc2)CC1. The van der Waals surface area contributed by atoms with Crippen molar-refractivity contribution in [1.82, 2.24) is 0 Å². The minimum atomic E-state index is 0.672. The van der Waals surface area contributed by atoms with Gasteiger partial charge < -0.3 is 4.74 Å². The summed E-state index contributed by atoms with van der Waals surface area (Å²) in [6, 6.07) is 17.4. The molecule has 0 N–H and O–H groups in total. The quantitative estimate of drug-likeness (QED) is 0.343. The van der Waals surface area contributed by atoms with Crippen LogP contribution in [0.2, 0.25) is 0 Å². The zero-order chi connectivity index (χ0) is 18.9. The van der Waals surface area contributed by atoms with E-state index in [1.165, 1.54) is 36.8 Å². The summed E-state index contributed by atoms with van der Waals surface area (Å²) in [5, 5.41) is 0. The predicted molar refractivity (Wildman–Crippen MR) is 114 cm³/mol. The molecule has 0 aromatic heterocycles. The molecular weight excluding hydrogens is 328 g/mol. The van der Waals surface area contributed by atoms with Crippen LogP contribution in [0.25, 0.3) is 0 Å². The van der Waals surface area contributed by atoms with Crippen LogP contribution in [0.3, 0.4) is 0 Å². The van der Waals surface area contributed by atoms with E-state index in [0.29, 0.717) is 18.4 Å². The highest BCUT2D eigenvalue weighted by atomic mass is 16.5. The Labute approximate surface area is 164 Å². The van der Waals surface area contributed by atoms with Gasteiger partial charge in [0.2, 0.25) is 0 Å². The topological polar surface area (TPSA) is 9.23 Å². The Hall–Kier alpha value is -2.30. The summed E-state index contributed by atoms with van der Waals surface area (Å²) in [4.78, 5) is 0. The van der Waals surface area contributed by atoms with Gasteiger partial charge in [0.05, 0.1) is 6.61 Å². The molecular formula is C26H30O. The molecule has 3 rings (SSSR count). The van der Waals surface area contributed by atoms with Crippen LogP contribution in [-0.2, 0) is 11.2 Å². The van der Waals surface area contributed by atoms with Crippen molar-refractivity contribution < 1.29 is 4.74 Å². The third-order valence-electron chi connectivity index (χ3n) is 5.53. The Balaban J connectivity index is 1.53. The van der Waals surface area contributed by atoms with Crippen molar-refractivity contribution in [3.05, 3.63) is 83.4 Å². The van der Waals surface area contributed by atoms with Crippen LogP contribution >= 0.6 is 0 Å². The molecule has 0 aliphatic heterocycles. The molecule has 2 aromatic rings.